The first-order valence-electron chi connectivity index (χ1n) is 6.03. The molecule has 0 bridgehead atoms. The largest absolute Gasteiger partial charge is 0.398 e. The average molecular weight is 275 g/mol. The third kappa shape index (κ3) is 3.12. The Balaban J connectivity index is 2.05. The quantitative estimate of drug-likeness (QED) is 0.904. The van der Waals surface area contributed by atoms with Crippen molar-refractivity contribution < 1.29 is 4.79 Å². The number of aromatic nitrogens is 1. The minimum Gasteiger partial charge on any atom is -0.398 e. The second-order valence-electron chi connectivity index (χ2n) is 4.55. The number of aryl methyl sites for hydroxylation is 3. The lowest BCUT2D eigenvalue weighted by molar-refractivity contribution is 0.0952. The predicted octanol–water partition coefficient (Wildman–Crippen LogP) is 2.58. The van der Waals surface area contributed by atoms with Crippen molar-refractivity contribution in [2.45, 2.75) is 27.3 Å². The third-order valence-electron chi connectivity index (χ3n) is 2.96. The molecule has 0 unspecified atom stereocenters. The van der Waals surface area contributed by atoms with Crippen LogP contribution in [0.4, 0.5) is 5.69 Å². The fourth-order valence-electron chi connectivity index (χ4n) is 1.77. The van der Waals surface area contributed by atoms with Crippen molar-refractivity contribution in [2.24, 2.45) is 0 Å². The molecule has 0 saturated carbocycles. The Morgan fingerprint density at radius 2 is 2.11 bits per heavy atom. The number of nitrogens with two attached hydrogens (primary N) is 1. The van der Waals surface area contributed by atoms with Gasteiger partial charge in [-0.05, 0) is 38.5 Å². The fourth-order valence-corrected chi connectivity index (χ4v) is 2.76. The second kappa shape index (κ2) is 5.40. The predicted molar refractivity (Wildman–Crippen MR) is 78.3 cm³/mol. The van der Waals surface area contributed by atoms with Gasteiger partial charge in [-0.15, -0.1) is 11.3 Å². The van der Waals surface area contributed by atoms with E-state index in [9.17, 15) is 4.79 Å². The van der Waals surface area contributed by atoms with E-state index in [0.717, 1.165) is 10.6 Å². The molecule has 2 heterocycles. The standard InChI is InChI=1S/C14H17N3OS/c1-8-4-11(19-10(8)3)6-17-14(18)12-7-16-9(2)5-13(12)15/h4-5,7H,6H2,1-3H3,(H2,15,16)(H,17,18). The summed E-state index contributed by atoms with van der Waals surface area (Å²) in [7, 11) is 0. The van der Waals surface area contributed by atoms with Gasteiger partial charge in [0.25, 0.3) is 5.91 Å². The van der Waals surface area contributed by atoms with Crippen molar-refractivity contribution in [1.29, 1.82) is 0 Å². The van der Waals surface area contributed by atoms with Crippen LogP contribution in [0.2, 0.25) is 0 Å². The van der Waals surface area contributed by atoms with Crippen molar-refractivity contribution in [2.75, 3.05) is 5.73 Å². The van der Waals surface area contributed by atoms with Gasteiger partial charge in [-0.1, -0.05) is 0 Å². The molecule has 5 heteroatoms. The maximum atomic E-state index is 12.0. The lowest BCUT2D eigenvalue weighted by Crippen LogP contribution is -2.23. The van der Waals surface area contributed by atoms with Crippen LogP contribution in [-0.4, -0.2) is 10.9 Å². The highest BCUT2D eigenvalue weighted by molar-refractivity contribution is 7.12. The van der Waals surface area contributed by atoms with E-state index >= 15 is 0 Å². The zero-order valence-corrected chi connectivity index (χ0v) is 12.1. The van der Waals surface area contributed by atoms with E-state index in [4.69, 9.17) is 5.73 Å². The van der Waals surface area contributed by atoms with Crippen LogP contribution in [-0.2, 0) is 6.54 Å². The summed E-state index contributed by atoms with van der Waals surface area (Å²) in [6, 6.07) is 3.80. The Labute approximate surface area is 116 Å². The Morgan fingerprint density at radius 3 is 2.68 bits per heavy atom. The Morgan fingerprint density at radius 1 is 1.37 bits per heavy atom. The number of nitrogens with one attached hydrogen (secondary N) is 1. The lowest BCUT2D eigenvalue weighted by Gasteiger charge is -2.06. The van der Waals surface area contributed by atoms with Crippen molar-refractivity contribution in [3.63, 3.8) is 0 Å². The molecule has 0 fully saturated rings. The summed E-state index contributed by atoms with van der Waals surface area (Å²) in [5, 5.41) is 2.87. The first-order chi connectivity index (χ1) is 8.97. The van der Waals surface area contributed by atoms with E-state index < -0.39 is 0 Å². The third-order valence-corrected chi connectivity index (χ3v) is 4.11. The van der Waals surface area contributed by atoms with E-state index in [1.54, 1.807) is 17.4 Å². The van der Waals surface area contributed by atoms with Gasteiger partial charge in [0.05, 0.1) is 12.1 Å². The van der Waals surface area contributed by atoms with Gasteiger partial charge in [-0.2, -0.15) is 0 Å². The van der Waals surface area contributed by atoms with Crippen molar-refractivity contribution in [1.82, 2.24) is 10.3 Å². The van der Waals surface area contributed by atoms with Crippen LogP contribution in [0.3, 0.4) is 0 Å². The molecular formula is C14H17N3OS. The summed E-state index contributed by atoms with van der Waals surface area (Å²) in [6.07, 6.45) is 1.52. The monoisotopic (exact) mass is 275 g/mol. The summed E-state index contributed by atoms with van der Waals surface area (Å²) in [5.41, 5.74) is 8.77. The molecule has 0 atom stereocenters. The Hall–Kier alpha value is -1.88. The van der Waals surface area contributed by atoms with Crippen LogP contribution >= 0.6 is 11.3 Å². The molecule has 0 aliphatic carbocycles. The first-order valence-corrected chi connectivity index (χ1v) is 6.85. The number of nitrogen functional groups attached to an aromatic ring is 1. The van der Waals surface area contributed by atoms with E-state index in [-0.39, 0.29) is 5.91 Å². The molecule has 0 aliphatic rings. The smallest absolute Gasteiger partial charge is 0.255 e. The second-order valence-corrected chi connectivity index (χ2v) is 5.89. The summed E-state index contributed by atoms with van der Waals surface area (Å²) in [6.45, 7) is 6.51. The molecule has 0 spiro atoms. The Kier molecular flexibility index (Phi) is 3.85. The highest BCUT2D eigenvalue weighted by atomic mass is 32.1. The molecule has 2 aromatic rings. The number of hydrogen-bond acceptors (Lipinski definition) is 4. The summed E-state index contributed by atoms with van der Waals surface area (Å²) >= 11 is 1.70. The van der Waals surface area contributed by atoms with Gasteiger partial charge in [0.2, 0.25) is 0 Å². The number of carbonyl (C=O) groups excluding carboxylic acids is 1. The molecule has 3 N–H and O–H groups in total. The summed E-state index contributed by atoms with van der Waals surface area (Å²) < 4.78 is 0. The van der Waals surface area contributed by atoms with Crippen LogP contribution < -0.4 is 11.1 Å². The molecule has 4 nitrogen and oxygen atoms in total. The molecule has 1 amide bonds. The molecule has 0 saturated heterocycles. The van der Waals surface area contributed by atoms with Gasteiger partial charge in [0.1, 0.15) is 0 Å². The van der Waals surface area contributed by atoms with Crippen molar-refractivity contribution in [3.8, 4) is 0 Å². The van der Waals surface area contributed by atoms with E-state index in [1.807, 2.05) is 6.92 Å². The van der Waals surface area contributed by atoms with Gasteiger partial charge < -0.3 is 11.1 Å². The number of anilines is 1. The van der Waals surface area contributed by atoms with Crippen LogP contribution in [0.5, 0.6) is 0 Å². The highest BCUT2D eigenvalue weighted by Gasteiger charge is 2.11. The van der Waals surface area contributed by atoms with Gasteiger partial charge in [0.15, 0.2) is 0 Å². The molecule has 0 radical (unpaired) electrons. The van der Waals surface area contributed by atoms with Gasteiger partial charge >= 0.3 is 0 Å². The topological polar surface area (TPSA) is 68.0 Å². The number of thiophene rings is 1. The Bertz CT molecular complexity index is 600. The van der Waals surface area contributed by atoms with Crippen LogP contribution in [0.15, 0.2) is 18.3 Å². The van der Waals surface area contributed by atoms with Crippen molar-refractivity contribution in [3.05, 3.63) is 44.9 Å². The van der Waals surface area contributed by atoms with Crippen LogP contribution in [0.25, 0.3) is 0 Å². The number of amides is 1. The SMILES string of the molecule is Cc1cc(N)c(C(=O)NCc2cc(C)c(C)s2)cn1. The zero-order valence-electron chi connectivity index (χ0n) is 11.3. The van der Waals surface area contributed by atoms with E-state index in [0.29, 0.717) is 17.8 Å². The first kappa shape index (κ1) is 13.5. The summed E-state index contributed by atoms with van der Waals surface area (Å²) in [4.78, 5) is 18.5. The molecule has 100 valence electrons. The van der Waals surface area contributed by atoms with Crippen LogP contribution in [0.1, 0.15) is 31.4 Å². The molecular weight excluding hydrogens is 258 g/mol. The van der Waals surface area contributed by atoms with Gasteiger partial charge in [-0.25, -0.2) is 0 Å². The number of hydrogen-bond donors (Lipinski definition) is 2. The molecule has 2 aromatic heterocycles. The minimum atomic E-state index is -0.186. The highest BCUT2D eigenvalue weighted by Crippen LogP contribution is 2.20. The molecule has 2 rings (SSSR count). The van der Waals surface area contributed by atoms with Crippen LogP contribution in [0, 0.1) is 20.8 Å². The summed E-state index contributed by atoms with van der Waals surface area (Å²) in [5.74, 6) is -0.186. The van der Waals surface area contributed by atoms with E-state index in [1.165, 1.54) is 16.6 Å². The normalized spacial score (nSPS) is 10.5. The maximum absolute atomic E-state index is 12.0. The number of rotatable bonds is 3. The fraction of sp³-hybridized carbons (Fsp3) is 0.286. The number of carbonyl (C=O) groups is 1. The van der Waals surface area contributed by atoms with E-state index in [2.05, 4.69) is 30.2 Å². The molecule has 0 aliphatic heterocycles. The number of pyridine rings is 1. The van der Waals surface area contributed by atoms with Gasteiger partial charge in [0, 0.05) is 27.3 Å². The molecule has 0 aromatic carbocycles. The zero-order chi connectivity index (χ0) is 14.0. The average Bonchev–Trinajstić information content (AvgIpc) is 2.66. The lowest BCUT2D eigenvalue weighted by atomic mass is 10.2. The molecule has 19 heavy (non-hydrogen) atoms. The van der Waals surface area contributed by atoms with Gasteiger partial charge in [-0.3, -0.25) is 9.78 Å². The minimum absolute atomic E-state index is 0.186. The number of nitrogens with zero attached hydrogens (tertiary/aromatic N) is 1. The maximum Gasteiger partial charge on any atom is 0.255 e. The van der Waals surface area contributed by atoms with Crippen molar-refractivity contribution >= 4 is 22.9 Å².